The molecule has 182 valence electrons. The van der Waals surface area contributed by atoms with E-state index in [1.54, 1.807) is 10.3 Å². The van der Waals surface area contributed by atoms with Gasteiger partial charge >= 0.3 is 18.4 Å². The first-order valence-electron chi connectivity index (χ1n) is 10.7. The molecule has 2 aromatic rings. The number of benzene rings is 1. The predicted molar refractivity (Wildman–Crippen MR) is 118 cm³/mol. The lowest BCUT2D eigenvalue weighted by atomic mass is 10.2. The van der Waals surface area contributed by atoms with Crippen LogP contribution in [0.3, 0.4) is 0 Å². The highest BCUT2D eigenvalue weighted by atomic mass is 19.3. The van der Waals surface area contributed by atoms with Gasteiger partial charge in [-0.25, -0.2) is 9.18 Å². The summed E-state index contributed by atoms with van der Waals surface area (Å²) in [6.07, 6.45) is -2.06. The number of hydrogen-bond donors (Lipinski definition) is 2. The van der Waals surface area contributed by atoms with Crippen LogP contribution in [0.2, 0.25) is 0 Å². The van der Waals surface area contributed by atoms with E-state index in [1.807, 2.05) is 5.43 Å². The minimum absolute atomic E-state index is 0.0219. The number of urea groups is 1. The van der Waals surface area contributed by atoms with E-state index in [9.17, 15) is 27.6 Å². The molecule has 1 saturated heterocycles. The Kier molecular flexibility index (Phi) is 8.41. The van der Waals surface area contributed by atoms with Gasteiger partial charge in [0, 0.05) is 38.1 Å². The van der Waals surface area contributed by atoms with E-state index in [1.165, 1.54) is 47.5 Å². The van der Waals surface area contributed by atoms with Gasteiger partial charge < -0.3 is 9.80 Å². The van der Waals surface area contributed by atoms with Crippen LogP contribution in [0.4, 0.5) is 23.7 Å². The first kappa shape index (κ1) is 25.0. The topological polar surface area (TPSA) is 97.9 Å². The largest absolute Gasteiger partial charge is 0.324 e. The van der Waals surface area contributed by atoms with Gasteiger partial charge in [0.1, 0.15) is 5.82 Å². The molecular formula is C22H25F3N6O3. The third-order valence-corrected chi connectivity index (χ3v) is 5.36. The number of pyridine rings is 1. The van der Waals surface area contributed by atoms with Crippen LogP contribution in [0.15, 0.2) is 42.6 Å². The second-order valence-corrected chi connectivity index (χ2v) is 7.55. The molecule has 0 saturated carbocycles. The van der Waals surface area contributed by atoms with Gasteiger partial charge in [-0.15, -0.1) is 0 Å². The summed E-state index contributed by atoms with van der Waals surface area (Å²) in [6, 6.07) is 8.17. The second-order valence-electron chi connectivity index (χ2n) is 7.55. The molecule has 1 aliphatic rings. The summed E-state index contributed by atoms with van der Waals surface area (Å²) in [5.41, 5.74) is 4.43. The summed E-state index contributed by atoms with van der Waals surface area (Å²) < 4.78 is 37.9. The number of aromatic nitrogens is 1. The maximum absolute atomic E-state index is 13.5. The lowest BCUT2D eigenvalue weighted by Crippen LogP contribution is -2.52. The number of carbonyl (C=O) groups is 3. The smallest absolute Gasteiger partial charge is 0.322 e. The van der Waals surface area contributed by atoms with Crippen molar-refractivity contribution in [2.75, 3.05) is 37.6 Å². The van der Waals surface area contributed by atoms with Crippen molar-refractivity contribution in [1.82, 2.24) is 25.6 Å². The van der Waals surface area contributed by atoms with Crippen LogP contribution >= 0.6 is 0 Å². The molecule has 9 nitrogen and oxygen atoms in total. The number of anilines is 1. The Hall–Kier alpha value is -3.67. The summed E-state index contributed by atoms with van der Waals surface area (Å²) in [6.45, 7) is 5.64. The monoisotopic (exact) mass is 478 g/mol. The van der Waals surface area contributed by atoms with Gasteiger partial charge in [0.2, 0.25) is 0 Å². The van der Waals surface area contributed by atoms with Crippen molar-refractivity contribution >= 4 is 23.5 Å². The maximum atomic E-state index is 13.5. The second kappa shape index (κ2) is 11.5. The third kappa shape index (κ3) is 6.44. The van der Waals surface area contributed by atoms with E-state index < -0.39 is 24.1 Å². The third-order valence-electron chi connectivity index (χ3n) is 5.36. The molecule has 0 bridgehead atoms. The molecule has 4 amide bonds. The minimum Gasteiger partial charge on any atom is -0.322 e. The highest BCUT2D eigenvalue weighted by Crippen LogP contribution is 2.20. The van der Waals surface area contributed by atoms with Gasteiger partial charge in [-0.2, -0.15) is 8.78 Å². The Balaban J connectivity index is 1.72. The van der Waals surface area contributed by atoms with E-state index in [0.717, 1.165) is 19.6 Å². The molecule has 1 aliphatic heterocycles. The molecule has 1 aromatic heterocycles. The Bertz CT molecular complexity index is 996. The zero-order valence-electron chi connectivity index (χ0n) is 18.5. The molecule has 0 unspecified atom stereocenters. The average molecular weight is 478 g/mol. The van der Waals surface area contributed by atoms with Gasteiger partial charge in [-0.1, -0.05) is 6.92 Å². The Labute approximate surface area is 194 Å². The first-order chi connectivity index (χ1) is 16.3. The van der Waals surface area contributed by atoms with Crippen molar-refractivity contribution in [2.45, 2.75) is 19.9 Å². The Morgan fingerprint density at radius 1 is 1.03 bits per heavy atom. The molecule has 0 radical (unpaired) electrons. The predicted octanol–water partition coefficient (Wildman–Crippen LogP) is 2.01. The molecule has 1 fully saturated rings. The lowest BCUT2D eigenvalue weighted by Gasteiger charge is -2.37. The standard InChI is InChI=1S/C22H25F3N6O3/c1-2-29-9-11-30(12-10-29)22(34)31(18-7-4-16(23)5-8-18)14-17-6-3-15(13-26-17)20(32)27-28-21(33)19(24)25/h3-8,13,19H,2,9-12,14H2,1H3,(H,27,32)(H,28,33). The van der Waals surface area contributed by atoms with Crippen LogP contribution in [0.25, 0.3) is 0 Å². The van der Waals surface area contributed by atoms with Crippen LogP contribution in [0, 0.1) is 5.82 Å². The summed E-state index contributed by atoms with van der Waals surface area (Å²) in [4.78, 5) is 45.8. The molecule has 1 aromatic carbocycles. The van der Waals surface area contributed by atoms with Gasteiger partial charge in [0.15, 0.2) is 0 Å². The van der Waals surface area contributed by atoms with Crippen molar-refractivity contribution in [3.63, 3.8) is 0 Å². The molecule has 3 rings (SSSR count). The Morgan fingerprint density at radius 3 is 2.26 bits per heavy atom. The number of hydrogen-bond acceptors (Lipinski definition) is 5. The first-order valence-corrected chi connectivity index (χ1v) is 10.7. The SMILES string of the molecule is CCN1CCN(C(=O)N(Cc2ccc(C(=O)NNC(=O)C(F)F)cn2)c2ccc(F)cc2)CC1. The van der Waals surface area contributed by atoms with Crippen LogP contribution in [0.1, 0.15) is 23.0 Å². The highest BCUT2D eigenvalue weighted by molar-refractivity contribution is 5.95. The van der Waals surface area contributed by atoms with Crippen LogP contribution in [-0.2, 0) is 11.3 Å². The number of nitrogens with one attached hydrogen (secondary N) is 2. The number of amides is 4. The van der Waals surface area contributed by atoms with Gasteiger partial charge in [0.05, 0.1) is 17.8 Å². The van der Waals surface area contributed by atoms with E-state index >= 15 is 0 Å². The fraction of sp³-hybridized carbons (Fsp3) is 0.364. The zero-order chi connectivity index (χ0) is 24.7. The minimum atomic E-state index is -3.26. The van der Waals surface area contributed by atoms with E-state index in [0.29, 0.717) is 24.5 Å². The number of alkyl halides is 2. The number of piperazine rings is 1. The fourth-order valence-electron chi connectivity index (χ4n) is 3.38. The highest BCUT2D eigenvalue weighted by Gasteiger charge is 2.26. The molecule has 0 spiro atoms. The maximum Gasteiger partial charge on any atom is 0.324 e. The number of likely N-dealkylation sites (N-methyl/N-ethyl adjacent to an activating group) is 1. The Morgan fingerprint density at radius 2 is 1.71 bits per heavy atom. The molecule has 12 heteroatoms. The number of carbonyl (C=O) groups excluding carboxylic acids is 3. The quantitative estimate of drug-likeness (QED) is 0.619. The van der Waals surface area contributed by atoms with Crippen molar-refractivity contribution in [2.24, 2.45) is 0 Å². The zero-order valence-corrected chi connectivity index (χ0v) is 18.5. The normalized spacial score (nSPS) is 14.1. The lowest BCUT2D eigenvalue weighted by molar-refractivity contribution is -0.132. The van der Waals surface area contributed by atoms with Crippen LogP contribution < -0.4 is 15.8 Å². The fourth-order valence-corrected chi connectivity index (χ4v) is 3.38. The van der Waals surface area contributed by atoms with Crippen molar-refractivity contribution in [3.05, 3.63) is 59.7 Å². The molecular weight excluding hydrogens is 453 g/mol. The molecule has 34 heavy (non-hydrogen) atoms. The average Bonchev–Trinajstić information content (AvgIpc) is 2.86. The summed E-state index contributed by atoms with van der Waals surface area (Å²) in [5.74, 6) is -2.89. The number of rotatable bonds is 6. The summed E-state index contributed by atoms with van der Waals surface area (Å²) in [5, 5.41) is 0. The number of hydrazine groups is 1. The van der Waals surface area contributed by atoms with Crippen molar-refractivity contribution in [3.8, 4) is 0 Å². The number of nitrogens with zero attached hydrogens (tertiary/aromatic N) is 4. The van der Waals surface area contributed by atoms with E-state index in [4.69, 9.17) is 0 Å². The van der Waals surface area contributed by atoms with E-state index in [2.05, 4.69) is 16.8 Å². The summed E-state index contributed by atoms with van der Waals surface area (Å²) in [7, 11) is 0. The molecule has 2 heterocycles. The van der Waals surface area contributed by atoms with Crippen molar-refractivity contribution in [1.29, 1.82) is 0 Å². The molecule has 0 atom stereocenters. The van der Waals surface area contributed by atoms with Gasteiger partial charge in [0.25, 0.3) is 5.91 Å². The summed E-state index contributed by atoms with van der Waals surface area (Å²) >= 11 is 0. The van der Waals surface area contributed by atoms with E-state index in [-0.39, 0.29) is 18.1 Å². The van der Waals surface area contributed by atoms with Crippen molar-refractivity contribution < 1.29 is 27.6 Å². The van der Waals surface area contributed by atoms with Gasteiger partial charge in [-0.3, -0.25) is 30.3 Å². The molecule has 2 N–H and O–H groups in total. The van der Waals surface area contributed by atoms with Crippen LogP contribution in [0.5, 0.6) is 0 Å². The van der Waals surface area contributed by atoms with Crippen LogP contribution in [-0.4, -0.2) is 71.8 Å². The molecule has 0 aliphatic carbocycles. The van der Waals surface area contributed by atoms with Gasteiger partial charge in [-0.05, 0) is 42.9 Å². The number of halogens is 3.